The van der Waals surface area contributed by atoms with E-state index in [1.807, 2.05) is 0 Å². The molecular formula is C9H8Cl3NO2. The molecule has 1 amide bonds. The summed E-state index contributed by atoms with van der Waals surface area (Å²) in [5.41, 5.74) is 0.479. The number of anilines is 1. The Morgan fingerprint density at radius 3 is 2.40 bits per heavy atom. The zero-order chi connectivity index (χ0) is 11.3. The molecule has 0 aliphatic carbocycles. The summed E-state index contributed by atoms with van der Waals surface area (Å²) in [5.74, 6) is 0.254. The quantitative estimate of drug-likeness (QED) is 0.847. The van der Waals surface area contributed by atoms with Crippen LogP contribution in [0.5, 0.6) is 0 Å². The summed E-state index contributed by atoms with van der Waals surface area (Å²) in [4.78, 5) is 11.1. The van der Waals surface area contributed by atoms with Crippen LogP contribution < -0.4 is 5.32 Å². The topological polar surface area (TPSA) is 38.3 Å². The van der Waals surface area contributed by atoms with E-state index in [0.29, 0.717) is 15.7 Å². The van der Waals surface area contributed by atoms with Crippen molar-refractivity contribution in [1.82, 2.24) is 0 Å². The lowest BCUT2D eigenvalue weighted by Crippen LogP contribution is -2.14. The minimum atomic E-state index is -0.589. The Hall–Kier alpha value is -0.640. The van der Waals surface area contributed by atoms with Crippen LogP contribution in [0.4, 0.5) is 10.5 Å². The highest BCUT2D eigenvalue weighted by molar-refractivity contribution is 6.35. The van der Waals surface area contributed by atoms with Crippen molar-refractivity contribution in [2.24, 2.45) is 0 Å². The van der Waals surface area contributed by atoms with E-state index in [9.17, 15) is 4.79 Å². The number of nitrogens with one attached hydrogen (secondary N) is 1. The molecule has 6 heteroatoms. The molecule has 1 aromatic rings. The third-order valence-electron chi connectivity index (χ3n) is 1.42. The van der Waals surface area contributed by atoms with Crippen molar-refractivity contribution in [3.63, 3.8) is 0 Å². The summed E-state index contributed by atoms with van der Waals surface area (Å²) in [6.45, 7) is 0.154. The Morgan fingerprint density at radius 2 is 1.87 bits per heavy atom. The van der Waals surface area contributed by atoms with Crippen LogP contribution >= 0.6 is 34.8 Å². The van der Waals surface area contributed by atoms with E-state index in [4.69, 9.17) is 39.5 Å². The van der Waals surface area contributed by atoms with E-state index in [-0.39, 0.29) is 12.5 Å². The van der Waals surface area contributed by atoms with E-state index in [1.54, 1.807) is 18.2 Å². The van der Waals surface area contributed by atoms with E-state index in [1.165, 1.54) is 0 Å². The monoisotopic (exact) mass is 267 g/mol. The van der Waals surface area contributed by atoms with Gasteiger partial charge in [0.25, 0.3) is 0 Å². The third kappa shape index (κ3) is 4.60. The third-order valence-corrected chi connectivity index (χ3v) is 2.01. The van der Waals surface area contributed by atoms with Crippen LogP contribution in [-0.4, -0.2) is 18.6 Å². The van der Waals surface area contributed by atoms with Crippen LogP contribution in [-0.2, 0) is 4.74 Å². The SMILES string of the molecule is O=C(Nc1cc(Cl)cc(Cl)c1)OCCCl. The first kappa shape index (κ1) is 12.4. The fourth-order valence-electron chi connectivity index (χ4n) is 0.911. The van der Waals surface area contributed by atoms with Gasteiger partial charge in [-0.3, -0.25) is 5.32 Å². The van der Waals surface area contributed by atoms with Gasteiger partial charge in [-0.05, 0) is 18.2 Å². The van der Waals surface area contributed by atoms with Gasteiger partial charge in [0.1, 0.15) is 6.61 Å². The van der Waals surface area contributed by atoms with Crippen molar-refractivity contribution in [2.75, 3.05) is 17.8 Å². The number of hydrogen-bond acceptors (Lipinski definition) is 2. The average Bonchev–Trinajstić information content (AvgIpc) is 2.13. The van der Waals surface area contributed by atoms with Crippen molar-refractivity contribution in [3.8, 4) is 0 Å². The standard InChI is InChI=1S/C9H8Cl3NO2/c10-1-2-15-9(14)13-8-4-6(11)3-7(12)5-8/h3-5H,1-2H2,(H,13,14). The number of benzene rings is 1. The number of ether oxygens (including phenoxy) is 1. The van der Waals surface area contributed by atoms with Crippen molar-refractivity contribution in [3.05, 3.63) is 28.2 Å². The van der Waals surface area contributed by atoms with Crippen molar-refractivity contribution in [1.29, 1.82) is 0 Å². The van der Waals surface area contributed by atoms with Crippen molar-refractivity contribution >= 4 is 46.6 Å². The highest BCUT2D eigenvalue weighted by atomic mass is 35.5. The second-order valence-corrected chi connectivity index (χ2v) is 3.86. The van der Waals surface area contributed by atoms with Gasteiger partial charge in [-0.25, -0.2) is 4.79 Å². The molecular weight excluding hydrogens is 260 g/mol. The fraction of sp³-hybridized carbons (Fsp3) is 0.222. The van der Waals surface area contributed by atoms with E-state index >= 15 is 0 Å². The Labute approximate surface area is 102 Å². The number of carbonyl (C=O) groups excluding carboxylic acids is 1. The molecule has 0 aliphatic heterocycles. The molecule has 0 atom stereocenters. The van der Waals surface area contributed by atoms with Crippen LogP contribution in [0.2, 0.25) is 10.0 Å². The van der Waals surface area contributed by atoms with Crippen LogP contribution in [0.25, 0.3) is 0 Å². The molecule has 0 heterocycles. The molecule has 1 N–H and O–H groups in total. The summed E-state index contributed by atoms with van der Waals surface area (Å²) in [6, 6.07) is 4.70. The lowest BCUT2D eigenvalue weighted by atomic mass is 10.3. The van der Waals surface area contributed by atoms with Gasteiger partial charge in [0.05, 0.1) is 5.88 Å². The highest BCUT2D eigenvalue weighted by Gasteiger charge is 2.04. The van der Waals surface area contributed by atoms with Gasteiger partial charge in [-0.2, -0.15) is 0 Å². The first-order valence-corrected chi connectivity index (χ1v) is 5.36. The van der Waals surface area contributed by atoms with Gasteiger partial charge >= 0.3 is 6.09 Å². The first-order valence-electron chi connectivity index (χ1n) is 4.07. The van der Waals surface area contributed by atoms with E-state index in [2.05, 4.69) is 5.32 Å². The van der Waals surface area contributed by atoms with E-state index in [0.717, 1.165) is 0 Å². The molecule has 15 heavy (non-hydrogen) atoms. The summed E-state index contributed by atoms with van der Waals surface area (Å²) in [7, 11) is 0. The van der Waals surface area contributed by atoms with Gasteiger partial charge < -0.3 is 4.74 Å². The molecule has 0 aliphatic rings. The van der Waals surface area contributed by atoms with Gasteiger partial charge in [0.15, 0.2) is 0 Å². The molecule has 82 valence electrons. The number of hydrogen-bond donors (Lipinski definition) is 1. The predicted molar refractivity (Wildman–Crippen MR) is 62.2 cm³/mol. The lowest BCUT2D eigenvalue weighted by Gasteiger charge is -2.06. The Balaban J connectivity index is 2.60. The maximum absolute atomic E-state index is 11.1. The van der Waals surface area contributed by atoms with Gasteiger partial charge in [0.2, 0.25) is 0 Å². The minimum absolute atomic E-state index is 0.154. The highest BCUT2D eigenvalue weighted by Crippen LogP contribution is 2.22. The molecule has 1 rings (SSSR count). The summed E-state index contributed by atoms with van der Waals surface area (Å²) in [6.07, 6.45) is -0.589. The molecule has 3 nitrogen and oxygen atoms in total. The van der Waals surface area contributed by atoms with E-state index < -0.39 is 6.09 Å². The normalized spacial score (nSPS) is 9.80. The smallest absolute Gasteiger partial charge is 0.411 e. The average molecular weight is 269 g/mol. The summed E-state index contributed by atoms with van der Waals surface area (Å²) >= 11 is 16.8. The fourth-order valence-corrected chi connectivity index (χ4v) is 1.51. The molecule has 0 radical (unpaired) electrons. The number of alkyl halides is 1. The number of amides is 1. The number of halogens is 3. The summed E-state index contributed by atoms with van der Waals surface area (Å²) in [5, 5.41) is 3.35. The molecule has 0 aromatic heterocycles. The molecule has 0 fully saturated rings. The Morgan fingerprint density at radius 1 is 1.27 bits per heavy atom. The van der Waals surface area contributed by atoms with Gasteiger partial charge in [-0.15, -0.1) is 11.6 Å². The minimum Gasteiger partial charge on any atom is -0.448 e. The maximum atomic E-state index is 11.1. The molecule has 0 saturated carbocycles. The van der Waals surface area contributed by atoms with Crippen LogP contribution in [0.15, 0.2) is 18.2 Å². The van der Waals surface area contributed by atoms with Crippen LogP contribution in [0.1, 0.15) is 0 Å². The molecule has 0 unspecified atom stereocenters. The van der Waals surface area contributed by atoms with Crippen LogP contribution in [0, 0.1) is 0 Å². The zero-order valence-electron chi connectivity index (χ0n) is 7.60. The largest absolute Gasteiger partial charge is 0.448 e. The number of rotatable bonds is 3. The molecule has 0 spiro atoms. The van der Waals surface area contributed by atoms with Crippen molar-refractivity contribution in [2.45, 2.75) is 0 Å². The second kappa shape index (κ2) is 6.05. The predicted octanol–water partition coefficient (Wildman–Crippen LogP) is 3.78. The van der Waals surface area contributed by atoms with Crippen LogP contribution in [0.3, 0.4) is 0 Å². The zero-order valence-corrected chi connectivity index (χ0v) is 9.86. The molecule has 0 bridgehead atoms. The summed E-state index contributed by atoms with van der Waals surface area (Å²) < 4.78 is 4.71. The molecule has 1 aromatic carbocycles. The van der Waals surface area contributed by atoms with Gasteiger partial charge in [0, 0.05) is 15.7 Å². The maximum Gasteiger partial charge on any atom is 0.411 e. The van der Waals surface area contributed by atoms with Crippen molar-refractivity contribution < 1.29 is 9.53 Å². The second-order valence-electron chi connectivity index (χ2n) is 2.61. The number of carbonyl (C=O) groups is 1. The van der Waals surface area contributed by atoms with Gasteiger partial charge in [-0.1, -0.05) is 23.2 Å². The molecule has 0 saturated heterocycles. The first-order chi connectivity index (χ1) is 7.11. The Kier molecular flexibility index (Phi) is 5.02. The lowest BCUT2D eigenvalue weighted by molar-refractivity contribution is 0.168. The Bertz CT molecular complexity index is 337.